The third-order valence-corrected chi connectivity index (χ3v) is 4.03. The maximum atomic E-state index is 4.60. The summed E-state index contributed by atoms with van der Waals surface area (Å²) in [7, 11) is 1.99. The summed E-state index contributed by atoms with van der Waals surface area (Å²) in [6, 6.07) is 6.63. The zero-order chi connectivity index (χ0) is 12.4. The van der Waals surface area contributed by atoms with E-state index in [2.05, 4.69) is 47.7 Å². The molecule has 2 rings (SSSR count). The largest absolute Gasteiger partial charge is 0.307 e. The maximum Gasteiger partial charge on any atom is 0.114 e. The summed E-state index contributed by atoms with van der Waals surface area (Å²) in [4.78, 5) is 4.60. The smallest absolute Gasteiger partial charge is 0.114 e. The summed E-state index contributed by atoms with van der Waals surface area (Å²) in [5, 5.41) is 6.62. The van der Waals surface area contributed by atoms with E-state index in [-0.39, 0.29) is 6.04 Å². The summed E-state index contributed by atoms with van der Waals surface area (Å²) in [6.07, 6.45) is 0. The van der Waals surface area contributed by atoms with Gasteiger partial charge in [-0.2, -0.15) is 0 Å². The van der Waals surface area contributed by atoms with Gasteiger partial charge in [0.25, 0.3) is 0 Å². The van der Waals surface area contributed by atoms with Crippen molar-refractivity contribution < 1.29 is 0 Å². The van der Waals surface area contributed by atoms with Crippen molar-refractivity contribution in [3.63, 3.8) is 0 Å². The second-order valence-electron chi connectivity index (χ2n) is 4.35. The van der Waals surface area contributed by atoms with Gasteiger partial charge in [-0.15, -0.1) is 11.3 Å². The van der Waals surface area contributed by atoms with Crippen molar-refractivity contribution in [3.8, 4) is 0 Å². The second kappa shape index (κ2) is 4.98. The molecule has 2 nitrogen and oxygen atoms in total. The van der Waals surface area contributed by atoms with Gasteiger partial charge < -0.3 is 5.32 Å². The Kier molecular flexibility index (Phi) is 3.60. The highest BCUT2D eigenvalue weighted by Gasteiger charge is 2.18. The molecule has 3 heteroatoms. The summed E-state index contributed by atoms with van der Waals surface area (Å²) in [5.74, 6) is 0. The zero-order valence-electron chi connectivity index (χ0n) is 10.7. The van der Waals surface area contributed by atoms with E-state index in [9.17, 15) is 0 Å². The Morgan fingerprint density at radius 2 is 1.82 bits per heavy atom. The lowest BCUT2D eigenvalue weighted by molar-refractivity contribution is 0.676. The number of rotatable bonds is 3. The molecule has 0 spiro atoms. The molecule has 0 bridgehead atoms. The number of benzene rings is 1. The Hall–Kier alpha value is -1.19. The molecule has 1 heterocycles. The van der Waals surface area contributed by atoms with Gasteiger partial charge in [0.15, 0.2) is 0 Å². The van der Waals surface area contributed by atoms with E-state index in [0.717, 1.165) is 10.7 Å². The van der Waals surface area contributed by atoms with Crippen molar-refractivity contribution in [2.75, 3.05) is 7.05 Å². The first-order valence-corrected chi connectivity index (χ1v) is 6.67. The van der Waals surface area contributed by atoms with Gasteiger partial charge in [0.2, 0.25) is 0 Å². The number of aryl methyl sites for hydroxylation is 3. The molecule has 1 atom stereocenters. The van der Waals surface area contributed by atoms with Crippen molar-refractivity contribution in [2.24, 2.45) is 0 Å². The van der Waals surface area contributed by atoms with E-state index in [1.54, 1.807) is 11.3 Å². The molecule has 17 heavy (non-hydrogen) atoms. The van der Waals surface area contributed by atoms with Crippen LogP contribution in [0.4, 0.5) is 0 Å². The Morgan fingerprint density at radius 1 is 1.18 bits per heavy atom. The van der Waals surface area contributed by atoms with Gasteiger partial charge in [-0.3, -0.25) is 0 Å². The minimum Gasteiger partial charge on any atom is -0.307 e. The molecule has 0 amide bonds. The van der Waals surface area contributed by atoms with Crippen molar-refractivity contribution in [3.05, 3.63) is 51.0 Å². The second-order valence-corrected chi connectivity index (χ2v) is 5.24. The molecule has 90 valence electrons. The zero-order valence-corrected chi connectivity index (χ0v) is 11.6. The van der Waals surface area contributed by atoms with Gasteiger partial charge in [0, 0.05) is 11.1 Å². The highest BCUT2D eigenvalue weighted by Crippen LogP contribution is 2.29. The van der Waals surface area contributed by atoms with Crippen molar-refractivity contribution in [2.45, 2.75) is 26.8 Å². The van der Waals surface area contributed by atoms with Crippen LogP contribution in [0.5, 0.6) is 0 Å². The lowest BCUT2D eigenvalue weighted by Gasteiger charge is -2.19. The lowest BCUT2D eigenvalue weighted by atomic mass is 9.96. The molecular weight excluding hydrogens is 228 g/mol. The number of nitrogens with zero attached hydrogens (tertiary/aromatic N) is 1. The Labute approximate surface area is 107 Å². The van der Waals surface area contributed by atoms with E-state index in [1.807, 2.05) is 14.0 Å². The van der Waals surface area contributed by atoms with Crippen LogP contribution < -0.4 is 5.32 Å². The average molecular weight is 246 g/mol. The molecule has 1 aromatic heterocycles. The van der Waals surface area contributed by atoms with Crippen LogP contribution in [0.1, 0.15) is 33.4 Å². The number of nitrogens with one attached hydrogen (secondary N) is 1. The van der Waals surface area contributed by atoms with Gasteiger partial charge in [0.05, 0.1) is 6.04 Å². The van der Waals surface area contributed by atoms with Crippen molar-refractivity contribution >= 4 is 11.3 Å². The van der Waals surface area contributed by atoms with Crippen LogP contribution >= 0.6 is 11.3 Å². The van der Waals surface area contributed by atoms with Crippen LogP contribution in [-0.2, 0) is 0 Å². The molecule has 1 unspecified atom stereocenters. The molecule has 0 aliphatic heterocycles. The molecule has 0 radical (unpaired) electrons. The Morgan fingerprint density at radius 3 is 2.29 bits per heavy atom. The first-order valence-electron chi connectivity index (χ1n) is 5.79. The normalized spacial score (nSPS) is 12.7. The van der Waals surface area contributed by atoms with Crippen LogP contribution in [-0.4, -0.2) is 12.0 Å². The van der Waals surface area contributed by atoms with E-state index < -0.39 is 0 Å². The summed E-state index contributed by atoms with van der Waals surface area (Å²) in [5.41, 5.74) is 5.08. The Bertz CT molecular complexity index is 496. The monoisotopic (exact) mass is 246 g/mol. The predicted octanol–water partition coefficient (Wildman–Crippen LogP) is 3.38. The van der Waals surface area contributed by atoms with Crippen LogP contribution in [0.25, 0.3) is 0 Å². The minimum absolute atomic E-state index is 0.204. The van der Waals surface area contributed by atoms with E-state index in [0.29, 0.717) is 0 Å². The first kappa shape index (κ1) is 12.3. The molecule has 0 fully saturated rings. The summed E-state index contributed by atoms with van der Waals surface area (Å²) >= 11 is 1.72. The van der Waals surface area contributed by atoms with Gasteiger partial charge >= 0.3 is 0 Å². The number of thiazole rings is 1. The maximum absolute atomic E-state index is 4.60. The topological polar surface area (TPSA) is 24.9 Å². The van der Waals surface area contributed by atoms with Gasteiger partial charge in [-0.05, 0) is 44.5 Å². The quantitative estimate of drug-likeness (QED) is 0.898. The summed E-state index contributed by atoms with van der Waals surface area (Å²) < 4.78 is 0. The fourth-order valence-electron chi connectivity index (χ4n) is 2.18. The van der Waals surface area contributed by atoms with Gasteiger partial charge in [0.1, 0.15) is 5.01 Å². The highest BCUT2D eigenvalue weighted by molar-refractivity contribution is 7.09. The molecule has 0 saturated carbocycles. The molecule has 0 saturated heterocycles. The Balaban J connectivity index is 2.49. The standard InChI is InChI=1S/C14H18N2S/c1-9-6-5-7-10(2)12(9)13(15-4)14-16-11(3)8-17-14/h5-8,13,15H,1-4H3. The predicted molar refractivity (Wildman–Crippen MR) is 73.7 cm³/mol. The number of hydrogen-bond acceptors (Lipinski definition) is 3. The molecule has 0 aliphatic carbocycles. The molecule has 1 aromatic carbocycles. The van der Waals surface area contributed by atoms with Gasteiger partial charge in [-0.1, -0.05) is 18.2 Å². The van der Waals surface area contributed by atoms with Crippen LogP contribution in [0, 0.1) is 20.8 Å². The number of aromatic nitrogens is 1. The highest BCUT2D eigenvalue weighted by atomic mass is 32.1. The van der Waals surface area contributed by atoms with Gasteiger partial charge in [-0.25, -0.2) is 4.98 Å². The van der Waals surface area contributed by atoms with Crippen LogP contribution in [0.15, 0.2) is 23.6 Å². The average Bonchev–Trinajstić information content (AvgIpc) is 2.70. The van der Waals surface area contributed by atoms with E-state index in [4.69, 9.17) is 0 Å². The molecule has 2 aromatic rings. The molecule has 1 N–H and O–H groups in total. The van der Waals surface area contributed by atoms with Crippen LogP contribution in [0.3, 0.4) is 0 Å². The van der Waals surface area contributed by atoms with Crippen molar-refractivity contribution in [1.82, 2.24) is 10.3 Å². The third-order valence-electron chi connectivity index (χ3n) is 3.00. The third kappa shape index (κ3) is 2.40. The lowest BCUT2D eigenvalue weighted by Crippen LogP contribution is -2.19. The molecular formula is C14H18N2S. The van der Waals surface area contributed by atoms with E-state index in [1.165, 1.54) is 16.7 Å². The minimum atomic E-state index is 0.204. The fraction of sp³-hybridized carbons (Fsp3) is 0.357. The number of hydrogen-bond donors (Lipinski definition) is 1. The summed E-state index contributed by atoms with van der Waals surface area (Å²) in [6.45, 7) is 6.36. The van der Waals surface area contributed by atoms with E-state index >= 15 is 0 Å². The fourth-order valence-corrected chi connectivity index (χ4v) is 3.09. The van der Waals surface area contributed by atoms with Crippen molar-refractivity contribution in [1.29, 1.82) is 0 Å². The first-order chi connectivity index (χ1) is 8.13. The SMILES string of the molecule is CNC(c1nc(C)cs1)c1c(C)cccc1C. The van der Waals surface area contributed by atoms with Crippen LogP contribution in [0.2, 0.25) is 0 Å². The molecule has 0 aliphatic rings.